The Morgan fingerprint density at radius 2 is 1.88 bits per heavy atom. The quantitative estimate of drug-likeness (QED) is 0.823. The van der Waals surface area contributed by atoms with Gasteiger partial charge in [-0.25, -0.2) is 17.1 Å². The predicted molar refractivity (Wildman–Crippen MR) is 65.6 cm³/mol. The molecular formula is C11H17FN2O2S. The summed E-state index contributed by atoms with van der Waals surface area (Å²) in [4.78, 5) is 0. The first kappa shape index (κ1) is 14.1. The molecule has 0 bridgehead atoms. The fourth-order valence-electron chi connectivity index (χ4n) is 1.31. The van der Waals surface area contributed by atoms with Gasteiger partial charge in [0.25, 0.3) is 0 Å². The van der Waals surface area contributed by atoms with E-state index < -0.39 is 10.0 Å². The van der Waals surface area contributed by atoms with Crippen LogP contribution in [0.3, 0.4) is 0 Å². The standard InChI is InChI=1S/C11H17FN2O2S/c1-13-7-8-14(2)17(15,16)9-10-3-5-11(12)6-4-10/h3-6,13H,7-9H2,1-2H3. The first-order chi connectivity index (χ1) is 7.95. The second-order valence-corrected chi connectivity index (χ2v) is 5.88. The molecule has 1 N–H and O–H groups in total. The molecule has 0 aliphatic carbocycles. The van der Waals surface area contributed by atoms with Gasteiger partial charge in [-0.2, -0.15) is 0 Å². The normalized spacial score (nSPS) is 12.0. The van der Waals surface area contributed by atoms with Crippen molar-refractivity contribution in [1.29, 1.82) is 0 Å². The van der Waals surface area contributed by atoms with Crippen molar-refractivity contribution in [2.45, 2.75) is 5.75 Å². The SMILES string of the molecule is CNCCN(C)S(=O)(=O)Cc1ccc(F)cc1. The molecule has 0 aromatic heterocycles. The lowest BCUT2D eigenvalue weighted by atomic mass is 10.2. The van der Waals surface area contributed by atoms with Gasteiger partial charge >= 0.3 is 0 Å². The van der Waals surface area contributed by atoms with E-state index in [0.717, 1.165) is 0 Å². The van der Waals surface area contributed by atoms with Gasteiger partial charge in [-0.05, 0) is 24.7 Å². The molecule has 1 aromatic rings. The van der Waals surface area contributed by atoms with E-state index in [1.165, 1.54) is 35.6 Å². The smallest absolute Gasteiger partial charge is 0.218 e. The molecule has 17 heavy (non-hydrogen) atoms. The third kappa shape index (κ3) is 4.41. The molecule has 0 fully saturated rings. The van der Waals surface area contributed by atoms with Gasteiger partial charge in [0.1, 0.15) is 5.82 Å². The Balaban J connectivity index is 2.69. The van der Waals surface area contributed by atoms with Crippen LogP contribution in [0, 0.1) is 5.82 Å². The molecule has 1 rings (SSSR count). The lowest BCUT2D eigenvalue weighted by Crippen LogP contribution is -2.33. The molecule has 96 valence electrons. The summed E-state index contributed by atoms with van der Waals surface area (Å²) in [5, 5.41) is 2.89. The summed E-state index contributed by atoms with van der Waals surface area (Å²) in [5.41, 5.74) is 0.586. The van der Waals surface area contributed by atoms with Crippen molar-refractivity contribution in [2.24, 2.45) is 0 Å². The van der Waals surface area contributed by atoms with E-state index in [0.29, 0.717) is 18.7 Å². The number of sulfonamides is 1. The van der Waals surface area contributed by atoms with Crippen LogP contribution in [-0.4, -0.2) is 39.9 Å². The van der Waals surface area contributed by atoms with E-state index in [-0.39, 0.29) is 11.6 Å². The highest BCUT2D eigenvalue weighted by Crippen LogP contribution is 2.10. The molecule has 1 aromatic carbocycles. The zero-order valence-corrected chi connectivity index (χ0v) is 10.8. The fourth-order valence-corrected chi connectivity index (χ4v) is 2.51. The third-order valence-corrected chi connectivity index (χ3v) is 4.24. The first-order valence-corrected chi connectivity index (χ1v) is 6.89. The molecule has 0 atom stereocenters. The molecule has 0 saturated carbocycles. The van der Waals surface area contributed by atoms with Crippen molar-refractivity contribution in [2.75, 3.05) is 27.2 Å². The maximum atomic E-state index is 12.7. The van der Waals surface area contributed by atoms with Crippen molar-refractivity contribution in [1.82, 2.24) is 9.62 Å². The molecule has 0 radical (unpaired) electrons. The van der Waals surface area contributed by atoms with Gasteiger partial charge in [-0.1, -0.05) is 12.1 Å². The summed E-state index contributed by atoms with van der Waals surface area (Å²) < 4.78 is 37.8. The number of rotatable bonds is 6. The van der Waals surface area contributed by atoms with Crippen molar-refractivity contribution in [3.8, 4) is 0 Å². The van der Waals surface area contributed by atoms with E-state index in [1.54, 1.807) is 7.05 Å². The molecule has 0 aliphatic rings. The molecule has 0 amide bonds. The third-order valence-electron chi connectivity index (χ3n) is 2.41. The average Bonchev–Trinajstić information content (AvgIpc) is 2.28. The highest BCUT2D eigenvalue weighted by atomic mass is 32.2. The van der Waals surface area contributed by atoms with Gasteiger partial charge in [0.15, 0.2) is 0 Å². The van der Waals surface area contributed by atoms with Gasteiger partial charge in [0.2, 0.25) is 10.0 Å². The van der Waals surface area contributed by atoms with Crippen molar-refractivity contribution in [3.05, 3.63) is 35.6 Å². The summed E-state index contributed by atoms with van der Waals surface area (Å²) in [7, 11) is -0.0253. The summed E-state index contributed by atoms with van der Waals surface area (Å²) >= 11 is 0. The minimum atomic E-state index is -3.33. The van der Waals surface area contributed by atoms with E-state index in [4.69, 9.17) is 0 Å². The van der Waals surface area contributed by atoms with Crippen LogP contribution in [0.5, 0.6) is 0 Å². The first-order valence-electron chi connectivity index (χ1n) is 5.29. The van der Waals surface area contributed by atoms with Crippen LogP contribution in [0.1, 0.15) is 5.56 Å². The number of halogens is 1. The maximum Gasteiger partial charge on any atom is 0.218 e. The summed E-state index contributed by atoms with van der Waals surface area (Å²) in [6.45, 7) is 1.01. The second-order valence-electron chi connectivity index (χ2n) is 3.81. The van der Waals surface area contributed by atoms with Gasteiger partial charge in [-0.15, -0.1) is 0 Å². The molecule has 0 aliphatic heterocycles. The Morgan fingerprint density at radius 1 is 1.29 bits per heavy atom. The average molecular weight is 260 g/mol. The number of hydrogen-bond acceptors (Lipinski definition) is 3. The molecule has 6 heteroatoms. The van der Waals surface area contributed by atoms with Crippen LogP contribution in [0.2, 0.25) is 0 Å². The topological polar surface area (TPSA) is 49.4 Å². The fraction of sp³-hybridized carbons (Fsp3) is 0.455. The Bertz CT molecular complexity index is 445. The highest BCUT2D eigenvalue weighted by Gasteiger charge is 2.17. The van der Waals surface area contributed by atoms with Crippen LogP contribution >= 0.6 is 0 Å². The maximum absolute atomic E-state index is 12.7. The largest absolute Gasteiger partial charge is 0.318 e. The van der Waals surface area contributed by atoms with Gasteiger partial charge in [0.05, 0.1) is 5.75 Å². The Hall–Kier alpha value is -0.980. The van der Waals surface area contributed by atoms with Crippen LogP contribution < -0.4 is 5.32 Å². The molecule has 0 heterocycles. The summed E-state index contributed by atoms with van der Waals surface area (Å²) in [6, 6.07) is 5.49. The molecule has 0 saturated heterocycles. The molecular weight excluding hydrogens is 243 g/mol. The van der Waals surface area contributed by atoms with E-state index in [1.807, 2.05) is 0 Å². The van der Waals surface area contributed by atoms with Gasteiger partial charge < -0.3 is 5.32 Å². The van der Waals surface area contributed by atoms with E-state index in [2.05, 4.69) is 5.32 Å². The Kier molecular flexibility index (Phi) is 5.04. The zero-order valence-electron chi connectivity index (χ0n) is 9.98. The highest BCUT2D eigenvalue weighted by molar-refractivity contribution is 7.88. The minimum Gasteiger partial charge on any atom is -0.318 e. The number of likely N-dealkylation sites (N-methyl/N-ethyl adjacent to an activating group) is 2. The second kappa shape index (κ2) is 6.09. The predicted octanol–water partition coefficient (Wildman–Crippen LogP) is 0.807. The van der Waals surface area contributed by atoms with Gasteiger partial charge in [0, 0.05) is 20.1 Å². The number of benzene rings is 1. The van der Waals surface area contributed by atoms with E-state index in [9.17, 15) is 12.8 Å². The number of nitrogens with zero attached hydrogens (tertiary/aromatic N) is 1. The lowest BCUT2D eigenvalue weighted by molar-refractivity contribution is 0.465. The summed E-state index contributed by atoms with van der Waals surface area (Å²) in [5.74, 6) is -0.470. The van der Waals surface area contributed by atoms with Crippen LogP contribution in [0.25, 0.3) is 0 Å². The van der Waals surface area contributed by atoms with Gasteiger partial charge in [-0.3, -0.25) is 0 Å². The lowest BCUT2D eigenvalue weighted by Gasteiger charge is -2.16. The van der Waals surface area contributed by atoms with Crippen molar-refractivity contribution in [3.63, 3.8) is 0 Å². The minimum absolute atomic E-state index is 0.104. The molecule has 0 spiro atoms. The van der Waals surface area contributed by atoms with Crippen LogP contribution in [0.4, 0.5) is 4.39 Å². The van der Waals surface area contributed by atoms with E-state index >= 15 is 0 Å². The molecule has 0 unspecified atom stereocenters. The van der Waals surface area contributed by atoms with Crippen molar-refractivity contribution < 1.29 is 12.8 Å². The monoisotopic (exact) mass is 260 g/mol. The van der Waals surface area contributed by atoms with Crippen molar-refractivity contribution >= 4 is 10.0 Å². The number of nitrogens with one attached hydrogen (secondary N) is 1. The Labute approximate surface area is 101 Å². The summed E-state index contributed by atoms with van der Waals surface area (Å²) in [6.07, 6.45) is 0. The molecule has 4 nitrogen and oxygen atoms in total. The number of hydrogen-bond donors (Lipinski definition) is 1. The van der Waals surface area contributed by atoms with Crippen LogP contribution in [0.15, 0.2) is 24.3 Å². The van der Waals surface area contributed by atoms with Crippen LogP contribution in [-0.2, 0) is 15.8 Å². The Morgan fingerprint density at radius 3 is 2.41 bits per heavy atom. The zero-order chi connectivity index (χ0) is 12.9.